The van der Waals surface area contributed by atoms with E-state index in [0.29, 0.717) is 12.0 Å². The molecule has 6 nitrogen and oxygen atoms in total. The minimum absolute atomic E-state index is 0.0353. The lowest BCUT2D eigenvalue weighted by Crippen LogP contribution is -2.18. The highest BCUT2D eigenvalue weighted by Gasteiger charge is 2.26. The first-order chi connectivity index (χ1) is 9.47. The van der Waals surface area contributed by atoms with Crippen LogP contribution in [0.3, 0.4) is 0 Å². The normalized spacial score (nSPS) is 10.4. The van der Waals surface area contributed by atoms with Crippen molar-refractivity contribution >= 4 is 17.7 Å². The highest BCUT2D eigenvalue weighted by Crippen LogP contribution is 2.17. The molecule has 0 aromatic carbocycles. The number of rotatable bonds is 6. The molecule has 0 aliphatic rings. The smallest absolute Gasteiger partial charge is 0.359 e. The van der Waals surface area contributed by atoms with Gasteiger partial charge >= 0.3 is 5.97 Å². The van der Waals surface area contributed by atoms with Crippen LogP contribution in [-0.4, -0.2) is 34.0 Å². The zero-order chi connectivity index (χ0) is 15.3. The molecule has 0 radical (unpaired) electrons. The molecule has 0 saturated heterocycles. The SMILES string of the molecule is CCCC(=O)n1nc(C(=O)OCC)c(C)c1C(=O)CC. The molecule has 1 aromatic rings. The quantitative estimate of drug-likeness (QED) is 0.590. The van der Waals surface area contributed by atoms with E-state index in [1.54, 1.807) is 20.8 Å². The predicted octanol–water partition coefficient (Wildman–Crippen LogP) is 2.40. The van der Waals surface area contributed by atoms with Gasteiger partial charge in [0, 0.05) is 18.4 Å². The van der Waals surface area contributed by atoms with Gasteiger partial charge in [0.15, 0.2) is 11.5 Å². The van der Waals surface area contributed by atoms with E-state index in [-0.39, 0.29) is 42.5 Å². The van der Waals surface area contributed by atoms with Crippen LogP contribution in [0.25, 0.3) is 0 Å². The van der Waals surface area contributed by atoms with Crippen LogP contribution >= 0.6 is 0 Å². The van der Waals surface area contributed by atoms with Crippen molar-refractivity contribution in [1.29, 1.82) is 0 Å². The fourth-order valence-electron chi connectivity index (χ4n) is 1.88. The van der Waals surface area contributed by atoms with Crippen molar-refractivity contribution in [1.82, 2.24) is 9.78 Å². The van der Waals surface area contributed by atoms with Gasteiger partial charge in [-0.15, -0.1) is 0 Å². The second kappa shape index (κ2) is 6.98. The van der Waals surface area contributed by atoms with E-state index in [1.165, 1.54) is 0 Å². The highest BCUT2D eigenvalue weighted by molar-refractivity contribution is 6.02. The Morgan fingerprint density at radius 2 is 1.85 bits per heavy atom. The molecule has 1 heterocycles. The molecule has 0 atom stereocenters. The summed E-state index contributed by atoms with van der Waals surface area (Å²) in [5.74, 6) is -1.11. The second-order valence-corrected chi connectivity index (χ2v) is 4.37. The van der Waals surface area contributed by atoms with Crippen LogP contribution in [0.15, 0.2) is 0 Å². The van der Waals surface area contributed by atoms with Crippen molar-refractivity contribution < 1.29 is 19.1 Å². The highest BCUT2D eigenvalue weighted by atomic mass is 16.5. The molecule has 1 aromatic heterocycles. The van der Waals surface area contributed by atoms with Gasteiger partial charge in [-0.1, -0.05) is 13.8 Å². The Labute approximate surface area is 118 Å². The Morgan fingerprint density at radius 1 is 1.20 bits per heavy atom. The molecule has 0 spiro atoms. The summed E-state index contributed by atoms with van der Waals surface area (Å²) >= 11 is 0. The number of ketones is 1. The van der Waals surface area contributed by atoms with Crippen LogP contribution in [-0.2, 0) is 4.74 Å². The molecule has 0 aliphatic carbocycles. The van der Waals surface area contributed by atoms with Crippen LogP contribution in [0.5, 0.6) is 0 Å². The van der Waals surface area contributed by atoms with Crippen molar-refractivity contribution in [2.24, 2.45) is 0 Å². The standard InChI is InChI=1S/C14H20N2O4/c1-5-8-11(18)16-13(10(17)6-2)9(4)12(15-16)14(19)20-7-3/h5-8H2,1-4H3. The first-order valence-electron chi connectivity index (χ1n) is 6.80. The van der Waals surface area contributed by atoms with Gasteiger partial charge in [0.05, 0.1) is 6.61 Å². The van der Waals surface area contributed by atoms with Gasteiger partial charge in [0.25, 0.3) is 0 Å². The summed E-state index contributed by atoms with van der Waals surface area (Å²) in [5, 5.41) is 3.99. The second-order valence-electron chi connectivity index (χ2n) is 4.37. The average molecular weight is 280 g/mol. The zero-order valence-electron chi connectivity index (χ0n) is 12.4. The monoisotopic (exact) mass is 280 g/mol. The van der Waals surface area contributed by atoms with Crippen LogP contribution in [0.1, 0.15) is 71.4 Å². The van der Waals surface area contributed by atoms with Crippen molar-refractivity contribution in [3.05, 3.63) is 17.0 Å². The largest absolute Gasteiger partial charge is 0.461 e. The number of hydrogen-bond donors (Lipinski definition) is 0. The molecule has 0 aliphatic heterocycles. The molecule has 6 heteroatoms. The van der Waals surface area contributed by atoms with Gasteiger partial charge in [0.1, 0.15) is 5.69 Å². The molecule has 110 valence electrons. The van der Waals surface area contributed by atoms with Gasteiger partial charge in [-0.05, 0) is 20.3 Å². The number of ether oxygens (including phenoxy) is 1. The predicted molar refractivity (Wildman–Crippen MR) is 73.1 cm³/mol. The Hall–Kier alpha value is -1.98. The number of aromatic nitrogens is 2. The first kappa shape index (κ1) is 16.1. The summed E-state index contributed by atoms with van der Waals surface area (Å²) in [5.41, 5.74) is 0.627. The van der Waals surface area contributed by atoms with E-state index in [9.17, 15) is 14.4 Å². The van der Waals surface area contributed by atoms with Crippen molar-refractivity contribution in [2.75, 3.05) is 6.61 Å². The maximum Gasteiger partial charge on any atom is 0.359 e. The Morgan fingerprint density at radius 3 is 2.35 bits per heavy atom. The lowest BCUT2D eigenvalue weighted by molar-refractivity contribution is 0.0517. The molecule has 0 unspecified atom stereocenters. The van der Waals surface area contributed by atoms with Crippen LogP contribution in [0.2, 0.25) is 0 Å². The topological polar surface area (TPSA) is 78.3 Å². The maximum absolute atomic E-state index is 12.0. The molecule has 0 bridgehead atoms. The molecule has 1 rings (SSSR count). The Bertz CT molecular complexity index is 532. The molecule has 0 amide bonds. The number of Topliss-reactive ketones (excluding diaryl/α,β-unsaturated/α-hetero) is 1. The third-order valence-corrected chi connectivity index (χ3v) is 2.88. The van der Waals surface area contributed by atoms with E-state index in [4.69, 9.17) is 4.74 Å². The molecule has 0 saturated carbocycles. The summed E-state index contributed by atoms with van der Waals surface area (Å²) < 4.78 is 5.95. The number of esters is 1. The fraction of sp³-hybridized carbons (Fsp3) is 0.571. The summed E-state index contributed by atoms with van der Waals surface area (Å²) in [6.45, 7) is 7.07. The zero-order valence-corrected chi connectivity index (χ0v) is 12.4. The van der Waals surface area contributed by atoms with E-state index >= 15 is 0 Å². The Kier molecular flexibility index (Phi) is 5.61. The van der Waals surface area contributed by atoms with Gasteiger partial charge in [0.2, 0.25) is 5.91 Å². The van der Waals surface area contributed by atoms with E-state index in [2.05, 4.69) is 5.10 Å². The summed E-state index contributed by atoms with van der Waals surface area (Å²) in [4.78, 5) is 35.8. The molecule has 0 fully saturated rings. The van der Waals surface area contributed by atoms with Gasteiger partial charge in [-0.25, -0.2) is 4.79 Å². The van der Waals surface area contributed by atoms with E-state index in [1.807, 2.05) is 6.92 Å². The molecule has 0 N–H and O–H groups in total. The minimum Gasteiger partial charge on any atom is -0.461 e. The fourth-order valence-corrected chi connectivity index (χ4v) is 1.88. The van der Waals surface area contributed by atoms with Crippen molar-refractivity contribution in [2.45, 2.75) is 47.0 Å². The third-order valence-electron chi connectivity index (χ3n) is 2.88. The first-order valence-corrected chi connectivity index (χ1v) is 6.80. The lowest BCUT2D eigenvalue weighted by Gasteiger charge is -2.04. The van der Waals surface area contributed by atoms with Crippen molar-refractivity contribution in [3.63, 3.8) is 0 Å². The van der Waals surface area contributed by atoms with E-state index in [0.717, 1.165) is 4.68 Å². The van der Waals surface area contributed by atoms with Gasteiger partial charge < -0.3 is 4.74 Å². The summed E-state index contributed by atoms with van der Waals surface area (Å²) in [6, 6.07) is 0. The van der Waals surface area contributed by atoms with E-state index < -0.39 is 5.97 Å². The average Bonchev–Trinajstić information content (AvgIpc) is 2.76. The third kappa shape index (κ3) is 3.12. The van der Waals surface area contributed by atoms with Crippen LogP contribution < -0.4 is 0 Å². The number of carbonyl (C=O) groups excluding carboxylic acids is 3. The lowest BCUT2D eigenvalue weighted by atomic mass is 10.1. The maximum atomic E-state index is 12.0. The van der Waals surface area contributed by atoms with Crippen LogP contribution in [0, 0.1) is 6.92 Å². The summed E-state index contributed by atoms with van der Waals surface area (Å²) in [6.07, 6.45) is 1.16. The Balaban J connectivity index is 3.34. The minimum atomic E-state index is -0.613. The van der Waals surface area contributed by atoms with Gasteiger partial charge in [-0.3, -0.25) is 9.59 Å². The number of hydrogen-bond acceptors (Lipinski definition) is 5. The molecule has 20 heavy (non-hydrogen) atoms. The summed E-state index contributed by atoms with van der Waals surface area (Å²) in [7, 11) is 0. The van der Waals surface area contributed by atoms with Gasteiger partial charge in [-0.2, -0.15) is 9.78 Å². The molecular formula is C14H20N2O4. The van der Waals surface area contributed by atoms with Crippen molar-refractivity contribution in [3.8, 4) is 0 Å². The number of carbonyl (C=O) groups is 3. The van der Waals surface area contributed by atoms with Crippen LogP contribution in [0.4, 0.5) is 0 Å². The number of nitrogens with zero attached hydrogens (tertiary/aromatic N) is 2. The molecular weight excluding hydrogens is 260 g/mol.